The van der Waals surface area contributed by atoms with Crippen molar-refractivity contribution in [2.24, 2.45) is 7.05 Å². The monoisotopic (exact) mass is 205 g/mol. The van der Waals surface area contributed by atoms with Gasteiger partial charge in [-0.1, -0.05) is 11.6 Å². The molecule has 2 nitrogen and oxygen atoms in total. The SMILES string of the molecule is C[n+]1cccc(-c2ccc(Cl)nc2)c1. The lowest BCUT2D eigenvalue weighted by Gasteiger charge is -1.98. The summed E-state index contributed by atoms with van der Waals surface area (Å²) in [7, 11) is 1.99. The zero-order valence-corrected chi connectivity index (χ0v) is 8.57. The minimum Gasteiger partial charge on any atom is -0.244 e. The first-order valence-electron chi connectivity index (χ1n) is 4.33. The van der Waals surface area contributed by atoms with Gasteiger partial charge in [-0.25, -0.2) is 9.55 Å². The van der Waals surface area contributed by atoms with Gasteiger partial charge in [0.1, 0.15) is 12.2 Å². The Hall–Kier alpha value is -1.41. The van der Waals surface area contributed by atoms with Gasteiger partial charge in [-0.2, -0.15) is 0 Å². The Morgan fingerprint density at radius 2 is 2.07 bits per heavy atom. The summed E-state index contributed by atoms with van der Waals surface area (Å²) in [5, 5.41) is 0.522. The van der Waals surface area contributed by atoms with E-state index in [2.05, 4.69) is 4.98 Å². The summed E-state index contributed by atoms with van der Waals surface area (Å²) in [6, 6.07) is 7.81. The van der Waals surface area contributed by atoms with Crippen LogP contribution in [0.15, 0.2) is 42.9 Å². The third kappa shape index (κ3) is 1.91. The molecule has 0 N–H and O–H groups in total. The van der Waals surface area contributed by atoms with Crippen molar-refractivity contribution in [2.45, 2.75) is 0 Å². The van der Waals surface area contributed by atoms with Crippen molar-refractivity contribution in [2.75, 3.05) is 0 Å². The van der Waals surface area contributed by atoms with Crippen molar-refractivity contribution < 1.29 is 4.57 Å². The van der Waals surface area contributed by atoms with E-state index in [-0.39, 0.29) is 0 Å². The molecule has 0 aromatic carbocycles. The van der Waals surface area contributed by atoms with Gasteiger partial charge in [0.25, 0.3) is 0 Å². The molecule has 2 rings (SSSR count). The molecule has 0 aliphatic heterocycles. The Bertz CT molecular complexity index is 437. The molecule has 0 spiro atoms. The zero-order valence-electron chi connectivity index (χ0n) is 7.81. The molecule has 0 amide bonds. The largest absolute Gasteiger partial charge is 0.244 e. The van der Waals surface area contributed by atoms with Gasteiger partial charge in [0.2, 0.25) is 0 Å². The maximum atomic E-state index is 5.71. The molecule has 70 valence electrons. The zero-order chi connectivity index (χ0) is 9.97. The van der Waals surface area contributed by atoms with Crippen LogP contribution in [0.25, 0.3) is 11.1 Å². The molecule has 0 saturated carbocycles. The Labute approximate surface area is 87.8 Å². The van der Waals surface area contributed by atoms with Gasteiger partial charge < -0.3 is 0 Å². The molecular weight excluding hydrogens is 196 g/mol. The van der Waals surface area contributed by atoms with Crippen molar-refractivity contribution in [3.8, 4) is 11.1 Å². The van der Waals surface area contributed by atoms with E-state index in [1.54, 1.807) is 12.3 Å². The van der Waals surface area contributed by atoms with Gasteiger partial charge in [-0.15, -0.1) is 0 Å². The fourth-order valence-corrected chi connectivity index (χ4v) is 1.42. The summed E-state index contributed by atoms with van der Waals surface area (Å²) in [5.41, 5.74) is 2.21. The highest BCUT2D eigenvalue weighted by Gasteiger charge is 2.01. The second-order valence-corrected chi connectivity index (χ2v) is 3.51. The van der Waals surface area contributed by atoms with Crippen molar-refractivity contribution in [1.29, 1.82) is 0 Å². The van der Waals surface area contributed by atoms with Crippen LogP contribution in [0.1, 0.15) is 0 Å². The number of hydrogen-bond donors (Lipinski definition) is 0. The number of aromatic nitrogens is 2. The van der Waals surface area contributed by atoms with E-state index in [9.17, 15) is 0 Å². The van der Waals surface area contributed by atoms with Crippen LogP contribution < -0.4 is 4.57 Å². The van der Waals surface area contributed by atoms with Crippen LogP contribution in [0.3, 0.4) is 0 Å². The van der Waals surface area contributed by atoms with E-state index >= 15 is 0 Å². The van der Waals surface area contributed by atoms with Crippen molar-refractivity contribution in [3.63, 3.8) is 0 Å². The minimum atomic E-state index is 0.522. The predicted octanol–water partition coefficient (Wildman–Crippen LogP) is 2.23. The van der Waals surface area contributed by atoms with Gasteiger partial charge in [0, 0.05) is 23.4 Å². The minimum absolute atomic E-state index is 0.522. The quantitative estimate of drug-likeness (QED) is 0.515. The smallest absolute Gasteiger partial charge is 0.176 e. The summed E-state index contributed by atoms with van der Waals surface area (Å²) in [6.45, 7) is 0. The molecule has 3 heteroatoms. The van der Waals surface area contributed by atoms with Gasteiger partial charge in [-0.05, 0) is 18.2 Å². The second-order valence-electron chi connectivity index (χ2n) is 3.13. The van der Waals surface area contributed by atoms with Crippen LogP contribution in [-0.2, 0) is 7.05 Å². The Kier molecular flexibility index (Phi) is 2.46. The van der Waals surface area contributed by atoms with E-state index in [4.69, 9.17) is 11.6 Å². The van der Waals surface area contributed by atoms with E-state index in [1.165, 1.54) is 0 Å². The van der Waals surface area contributed by atoms with Gasteiger partial charge >= 0.3 is 0 Å². The van der Waals surface area contributed by atoms with Crippen LogP contribution in [0, 0.1) is 0 Å². The number of hydrogen-bond acceptors (Lipinski definition) is 1. The molecule has 0 bridgehead atoms. The summed E-state index contributed by atoms with van der Waals surface area (Å²) < 4.78 is 2.00. The highest BCUT2D eigenvalue weighted by molar-refractivity contribution is 6.29. The molecule has 0 unspecified atom stereocenters. The van der Waals surface area contributed by atoms with E-state index in [0.717, 1.165) is 11.1 Å². The molecule has 2 aromatic rings. The standard InChI is InChI=1S/C11H10ClN2/c1-14-6-2-3-10(8-14)9-4-5-11(12)13-7-9/h2-8H,1H3/q+1. The highest BCUT2D eigenvalue weighted by Crippen LogP contribution is 2.17. The molecule has 0 aliphatic rings. The van der Waals surface area contributed by atoms with Gasteiger partial charge in [-0.3, -0.25) is 0 Å². The number of rotatable bonds is 1. The molecule has 2 aromatic heterocycles. The third-order valence-corrected chi connectivity index (χ3v) is 2.22. The first-order valence-corrected chi connectivity index (χ1v) is 4.71. The third-order valence-electron chi connectivity index (χ3n) is 2.00. The van der Waals surface area contributed by atoms with Gasteiger partial charge in [0.15, 0.2) is 12.4 Å². The highest BCUT2D eigenvalue weighted by atomic mass is 35.5. The van der Waals surface area contributed by atoms with Gasteiger partial charge in [0.05, 0.1) is 0 Å². The van der Waals surface area contributed by atoms with Crippen LogP contribution in [0.5, 0.6) is 0 Å². The topological polar surface area (TPSA) is 16.8 Å². The molecule has 0 aliphatic carbocycles. The average molecular weight is 206 g/mol. The first-order chi connectivity index (χ1) is 6.75. The molecule has 0 radical (unpaired) electrons. The molecule has 0 saturated heterocycles. The van der Waals surface area contributed by atoms with Crippen LogP contribution >= 0.6 is 11.6 Å². The van der Waals surface area contributed by atoms with Crippen LogP contribution in [0.4, 0.5) is 0 Å². The Balaban J connectivity index is 2.44. The summed E-state index contributed by atoms with van der Waals surface area (Å²) in [6.07, 6.45) is 5.81. The van der Waals surface area contributed by atoms with Crippen molar-refractivity contribution >= 4 is 11.6 Å². The fourth-order valence-electron chi connectivity index (χ4n) is 1.31. The van der Waals surface area contributed by atoms with Crippen molar-refractivity contribution in [3.05, 3.63) is 48.0 Å². The lowest BCUT2D eigenvalue weighted by Crippen LogP contribution is -2.26. The van der Waals surface area contributed by atoms with E-state index < -0.39 is 0 Å². The maximum absolute atomic E-state index is 5.71. The average Bonchev–Trinajstić information content (AvgIpc) is 2.19. The van der Waals surface area contributed by atoms with Crippen LogP contribution in [0.2, 0.25) is 5.15 Å². The summed E-state index contributed by atoms with van der Waals surface area (Å²) in [4.78, 5) is 4.04. The lowest BCUT2D eigenvalue weighted by atomic mass is 10.1. The number of halogens is 1. The van der Waals surface area contributed by atoms with Crippen molar-refractivity contribution in [1.82, 2.24) is 4.98 Å². The molecule has 0 atom stereocenters. The predicted molar refractivity (Wildman–Crippen MR) is 55.9 cm³/mol. The molecule has 2 heterocycles. The molecule has 0 fully saturated rings. The molecule has 14 heavy (non-hydrogen) atoms. The fraction of sp³-hybridized carbons (Fsp3) is 0.0909. The van der Waals surface area contributed by atoms with E-state index in [1.807, 2.05) is 42.2 Å². The number of nitrogens with zero attached hydrogens (tertiary/aromatic N) is 2. The number of pyridine rings is 2. The maximum Gasteiger partial charge on any atom is 0.176 e. The first kappa shape index (κ1) is 9.16. The normalized spacial score (nSPS) is 10.1. The Morgan fingerprint density at radius 1 is 1.21 bits per heavy atom. The van der Waals surface area contributed by atoms with Crippen LogP contribution in [-0.4, -0.2) is 4.98 Å². The summed E-state index contributed by atoms with van der Waals surface area (Å²) in [5.74, 6) is 0. The summed E-state index contributed by atoms with van der Waals surface area (Å²) >= 11 is 5.71. The second kappa shape index (κ2) is 3.76. The van der Waals surface area contributed by atoms with E-state index in [0.29, 0.717) is 5.15 Å². The number of aryl methyl sites for hydroxylation is 1. The lowest BCUT2D eigenvalue weighted by molar-refractivity contribution is -0.671. The molecular formula is C11H10ClN2+. The Morgan fingerprint density at radius 3 is 2.71 bits per heavy atom.